The maximum Gasteiger partial charge on any atom is 0.306 e. The van der Waals surface area contributed by atoms with Crippen molar-refractivity contribution >= 4 is 11.9 Å². The molecule has 1 rings (SSSR count). The first-order chi connectivity index (χ1) is 4.79. The number of carbonyl (C=O) groups excluding carboxylic acids is 2. The number of cyclic esters (lactones) is 1. The molecule has 0 spiro atoms. The van der Waals surface area contributed by atoms with Crippen LogP contribution in [0.15, 0.2) is 0 Å². The lowest BCUT2D eigenvalue weighted by Gasteiger charge is -2.09. The minimum absolute atomic E-state index is 0.0725. The van der Waals surface area contributed by atoms with Gasteiger partial charge in [-0.15, -0.1) is 0 Å². The standard InChI is InChI=1S/C6H9NO3/c8-5-1-2-6(9)10-4-3-7-5/h1-4H2,(H,7,8). The number of ether oxygens (including phenoxy) is 1. The highest BCUT2D eigenvalue weighted by Gasteiger charge is 2.10. The van der Waals surface area contributed by atoms with Crippen LogP contribution < -0.4 is 5.32 Å². The summed E-state index contributed by atoms with van der Waals surface area (Å²) in [7, 11) is 0. The number of hydrogen-bond acceptors (Lipinski definition) is 3. The number of carbonyl (C=O) groups is 2. The first-order valence-electron chi connectivity index (χ1n) is 3.21. The summed E-state index contributed by atoms with van der Waals surface area (Å²) in [5.41, 5.74) is 0. The fraction of sp³-hybridized carbons (Fsp3) is 0.667. The van der Waals surface area contributed by atoms with Gasteiger partial charge in [0.05, 0.1) is 13.0 Å². The highest BCUT2D eigenvalue weighted by Crippen LogP contribution is 1.95. The fourth-order valence-corrected chi connectivity index (χ4v) is 0.731. The summed E-state index contributed by atoms with van der Waals surface area (Å²) >= 11 is 0. The van der Waals surface area contributed by atoms with E-state index in [-0.39, 0.29) is 24.7 Å². The molecule has 0 unspecified atom stereocenters. The molecule has 1 N–H and O–H groups in total. The van der Waals surface area contributed by atoms with Gasteiger partial charge in [0.15, 0.2) is 0 Å². The third kappa shape index (κ3) is 2.05. The number of esters is 1. The van der Waals surface area contributed by atoms with Gasteiger partial charge in [-0.2, -0.15) is 0 Å². The minimum atomic E-state index is -0.283. The lowest BCUT2D eigenvalue weighted by molar-refractivity contribution is -0.146. The van der Waals surface area contributed by atoms with Crippen molar-refractivity contribution in [1.82, 2.24) is 5.32 Å². The van der Waals surface area contributed by atoms with Crippen molar-refractivity contribution < 1.29 is 14.3 Å². The minimum Gasteiger partial charge on any atom is -0.464 e. The van der Waals surface area contributed by atoms with Crippen LogP contribution in [0, 0.1) is 0 Å². The average Bonchev–Trinajstić information content (AvgIpc) is 1.90. The van der Waals surface area contributed by atoms with Gasteiger partial charge < -0.3 is 10.1 Å². The first-order valence-corrected chi connectivity index (χ1v) is 3.21. The zero-order chi connectivity index (χ0) is 7.40. The Morgan fingerprint density at radius 1 is 1.30 bits per heavy atom. The van der Waals surface area contributed by atoms with Crippen LogP contribution in [0.4, 0.5) is 0 Å². The maximum atomic E-state index is 10.7. The third-order valence-electron chi connectivity index (χ3n) is 1.24. The van der Waals surface area contributed by atoms with Crippen LogP contribution in [0.1, 0.15) is 12.8 Å². The average molecular weight is 143 g/mol. The van der Waals surface area contributed by atoms with Gasteiger partial charge in [0.1, 0.15) is 6.61 Å². The van der Waals surface area contributed by atoms with Crippen LogP contribution in [-0.2, 0) is 14.3 Å². The Labute approximate surface area is 58.5 Å². The van der Waals surface area contributed by atoms with Gasteiger partial charge in [-0.3, -0.25) is 9.59 Å². The molecule has 0 aliphatic carbocycles. The van der Waals surface area contributed by atoms with Crippen molar-refractivity contribution in [2.75, 3.05) is 13.2 Å². The third-order valence-corrected chi connectivity index (χ3v) is 1.24. The van der Waals surface area contributed by atoms with Gasteiger partial charge in [0.25, 0.3) is 0 Å². The summed E-state index contributed by atoms with van der Waals surface area (Å²) in [4.78, 5) is 21.2. The first kappa shape index (κ1) is 7.05. The molecular formula is C6H9NO3. The Kier molecular flexibility index (Phi) is 2.25. The van der Waals surface area contributed by atoms with Crippen LogP contribution in [-0.4, -0.2) is 25.0 Å². The molecule has 0 aromatic heterocycles. The Morgan fingerprint density at radius 2 is 2.10 bits per heavy atom. The normalized spacial score (nSPS) is 20.4. The van der Waals surface area contributed by atoms with Gasteiger partial charge >= 0.3 is 5.97 Å². The van der Waals surface area contributed by atoms with E-state index in [0.717, 1.165) is 0 Å². The van der Waals surface area contributed by atoms with Crippen molar-refractivity contribution in [3.63, 3.8) is 0 Å². The highest BCUT2D eigenvalue weighted by atomic mass is 16.5. The molecular weight excluding hydrogens is 134 g/mol. The Morgan fingerprint density at radius 3 is 2.90 bits per heavy atom. The summed E-state index contributed by atoms with van der Waals surface area (Å²) < 4.78 is 4.68. The molecule has 4 heteroatoms. The van der Waals surface area contributed by atoms with Crippen molar-refractivity contribution in [2.24, 2.45) is 0 Å². The number of nitrogens with one attached hydrogen (secondary N) is 1. The summed E-state index contributed by atoms with van der Waals surface area (Å²) in [5, 5.41) is 2.59. The molecule has 56 valence electrons. The fourth-order valence-electron chi connectivity index (χ4n) is 0.731. The second-order valence-corrected chi connectivity index (χ2v) is 2.07. The molecule has 1 aliphatic heterocycles. The number of rotatable bonds is 0. The van der Waals surface area contributed by atoms with Crippen molar-refractivity contribution in [3.8, 4) is 0 Å². The second-order valence-electron chi connectivity index (χ2n) is 2.07. The van der Waals surface area contributed by atoms with Crippen molar-refractivity contribution in [2.45, 2.75) is 12.8 Å². The Balaban J connectivity index is 2.36. The second kappa shape index (κ2) is 3.20. The van der Waals surface area contributed by atoms with E-state index < -0.39 is 0 Å². The van der Waals surface area contributed by atoms with Crippen molar-refractivity contribution in [1.29, 1.82) is 0 Å². The van der Waals surface area contributed by atoms with E-state index >= 15 is 0 Å². The molecule has 1 fully saturated rings. The molecule has 0 radical (unpaired) electrons. The van der Waals surface area contributed by atoms with Gasteiger partial charge in [-0.25, -0.2) is 0 Å². The van der Waals surface area contributed by atoms with E-state index in [1.165, 1.54) is 0 Å². The van der Waals surface area contributed by atoms with Gasteiger partial charge in [-0.05, 0) is 0 Å². The lowest BCUT2D eigenvalue weighted by Crippen LogP contribution is -2.31. The van der Waals surface area contributed by atoms with E-state index in [2.05, 4.69) is 10.1 Å². The summed E-state index contributed by atoms with van der Waals surface area (Å²) in [6.45, 7) is 0.731. The highest BCUT2D eigenvalue weighted by molar-refractivity contribution is 5.81. The van der Waals surface area contributed by atoms with E-state index in [9.17, 15) is 9.59 Å². The molecule has 0 saturated carbocycles. The zero-order valence-corrected chi connectivity index (χ0v) is 5.55. The number of amides is 1. The Hall–Kier alpha value is -1.06. The maximum absolute atomic E-state index is 10.7. The van der Waals surface area contributed by atoms with Crippen molar-refractivity contribution in [3.05, 3.63) is 0 Å². The molecule has 4 nitrogen and oxygen atoms in total. The lowest BCUT2D eigenvalue weighted by atomic mass is 10.3. The van der Waals surface area contributed by atoms with E-state index in [0.29, 0.717) is 13.2 Å². The molecule has 0 bridgehead atoms. The molecule has 0 atom stereocenters. The van der Waals surface area contributed by atoms with E-state index in [4.69, 9.17) is 0 Å². The van der Waals surface area contributed by atoms with Crippen LogP contribution in [0.25, 0.3) is 0 Å². The molecule has 1 saturated heterocycles. The quantitative estimate of drug-likeness (QED) is 0.462. The summed E-state index contributed by atoms with van der Waals surface area (Å²) in [5.74, 6) is -0.355. The van der Waals surface area contributed by atoms with Crippen LogP contribution >= 0.6 is 0 Å². The number of hydrogen-bond donors (Lipinski definition) is 1. The van der Waals surface area contributed by atoms with Crippen LogP contribution in [0.3, 0.4) is 0 Å². The van der Waals surface area contributed by atoms with Gasteiger partial charge in [0.2, 0.25) is 5.91 Å². The molecule has 1 aliphatic rings. The molecule has 1 amide bonds. The largest absolute Gasteiger partial charge is 0.464 e. The van der Waals surface area contributed by atoms with Gasteiger partial charge in [0, 0.05) is 6.42 Å². The van der Waals surface area contributed by atoms with Gasteiger partial charge in [-0.1, -0.05) is 0 Å². The topological polar surface area (TPSA) is 55.4 Å². The van der Waals surface area contributed by atoms with E-state index in [1.54, 1.807) is 0 Å². The van der Waals surface area contributed by atoms with Crippen LogP contribution in [0.2, 0.25) is 0 Å². The predicted octanol–water partition coefficient (Wildman–Crippen LogP) is -0.560. The molecule has 0 aromatic carbocycles. The molecule has 10 heavy (non-hydrogen) atoms. The van der Waals surface area contributed by atoms with E-state index in [1.807, 2.05) is 0 Å². The van der Waals surface area contributed by atoms with Crippen LogP contribution in [0.5, 0.6) is 0 Å². The SMILES string of the molecule is O=C1CCC(=O)OCCN1. The summed E-state index contributed by atoms with van der Waals surface area (Å²) in [6.07, 6.45) is 0.449. The molecule has 0 aromatic rings. The predicted molar refractivity (Wildman–Crippen MR) is 33.2 cm³/mol. The Bertz CT molecular complexity index is 137. The molecule has 1 heterocycles. The smallest absolute Gasteiger partial charge is 0.306 e. The summed E-state index contributed by atoms with van der Waals surface area (Å²) in [6, 6.07) is 0. The zero-order valence-electron chi connectivity index (χ0n) is 5.55. The monoisotopic (exact) mass is 143 g/mol.